The number of carbonyl (C=O) groups is 1. The zero-order chi connectivity index (χ0) is 19.3. The van der Waals surface area contributed by atoms with Crippen molar-refractivity contribution in [2.24, 2.45) is 5.92 Å². The molecule has 146 valence electrons. The summed E-state index contributed by atoms with van der Waals surface area (Å²) in [5.74, 6) is 1.38. The first-order chi connectivity index (χ1) is 13.7. The summed E-state index contributed by atoms with van der Waals surface area (Å²) in [5.41, 5.74) is 3.01. The minimum atomic E-state index is -0.0318. The molecule has 1 N–H and O–H groups in total. The second-order valence-electron chi connectivity index (χ2n) is 7.20. The maximum Gasteiger partial charge on any atom is 0.321 e. The smallest absolute Gasteiger partial charge is 0.321 e. The molecule has 0 saturated carbocycles. The van der Waals surface area contributed by atoms with Crippen LogP contribution in [0.1, 0.15) is 19.8 Å². The van der Waals surface area contributed by atoms with Crippen molar-refractivity contribution in [2.75, 3.05) is 25.0 Å². The molecule has 1 aliphatic rings. The highest BCUT2D eigenvalue weighted by Crippen LogP contribution is 2.23. The SMILES string of the molecule is CCOc1ccc(NC(=O)N2CCC(Cn3cnc4ccccc43)CC2)cc1. The summed E-state index contributed by atoms with van der Waals surface area (Å²) >= 11 is 0. The lowest BCUT2D eigenvalue weighted by atomic mass is 9.97. The quantitative estimate of drug-likeness (QED) is 0.717. The van der Waals surface area contributed by atoms with Gasteiger partial charge in [-0.1, -0.05) is 12.1 Å². The molecule has 0 aliphatic carbocycles. The van der Waals surface area contributed by atoms with E-state index < -0.39 is 0 Å². The van der Waals surface area contributed by atoms with Gasteiger partial charge in [-0.2, -0.15) is 0 Å². The van der Waals surface area contributed by atoms with Gasteiger partial charge < -0.3 is 19.5 Å². The molecule has 2 heterocycles. The number of hydrogen-bond donors (Lipinski definition) is 1. The molecule has 6 heteroatoms. The number of hydrogen-bond acceptors (Lipinski definition) is 3. The topological polar surface area (TPSA) is 59.4 Å². The molecule has 6 nitrogen and oxygen atoms in total. The summed E-state index contributed by atoms with van der Waals surface area (Å²) in [6.07, 6.45) is 3.93. The Labute approximate surface area is 165 Å². The van der Waals surface area contributed by atoms with Crippen LogP contribution < -0.4 is 10.1 Å². The summed E-state index contributed by atoms with van der Waals surface area (Å²) in [6.45, 7) is 5.10. The molecule has 0 spiro atoms. The van der Waals surface area contributed by atoms with E-state index in [1.54, 1.807) is 0 Å². The molecule has 1 aliphatic heterocycles. The highest BCUT2D eigenvalue weighted by atomic mass is 16.5. The Bertz CT molecular complexity index is 927. The molecule has 1 aromatic heterocycles. The number of aromatic nitrogens is 2. The minimum Gasteiger partial charge on any atom is -0.494 e. The molecule has 28 heavy (non-hydrogen) atoms. The van der Waals surface area contributed by atoms with E-state index in [9.17, 15) is 4.79 Å². The first-order valence-electron chi connectivity index (χ1n) is 9.91. The highest BCUT2D eigenvalue weighted by Gasteiger charge is 2.23. The number of nitrogens with one attached hydrogen (secondary N) is 1. The number of likely N-dealkylation sites (tertiary alicyclic amines) is 1. The fraction of sp³-hybridized carbons (Fsp3) is 0.364. The molecule has 0 bridgehead atoms. The van der Waals surface area contributed by atoms with Crippen LogP contribution in [0.5, 0.6) is 5.75 Å². The molecular weight excluding hydrogens is 352 g/mol. The first kappa shape index (κ1) is 18.3. The number of nitrogens with zero attached hydrogens (tertiary/aromatic N) is 3. The van der Waals surface area contributed by atoms with Gasteiger partial charge in [-0.15, -0.1) is 0 Å². The minimum absolute atomic E-state index is 0.0318. The van der Waals surface area contributed by atoms with Crippen molar-refractivity contribution in [1.82, 2.24) is 14.5 Å². The van der Waals surface area contributed by atoms with Crippen molar-refractivity contribution in [1.29, 1.82) is 0 Å². The summed E-state index contributed by atoms with van der Waals surface area (Å²) in [5, 5.41) is 2.98. The summed E-state index contributed by atoms with van der Waals surface area (Å²) in [4.78, 5) is 18.9. The first-order valence-corrected chi connectivity index (χ1v) is 9.91. The average Bonchev–Trinajstić information content (AvgIpc) is 3.13. The Kier molecular flexibility index (Phi) is 5.46. The van der Waals surface area contributed by atoms with Gasteiger partial charge in [-0.25, -0.2) is 9.78 Å². The van der Waals surface area contributed by atoms with Crippen molar-refractivity contribution in [3.8, 4) is 5.75 Å². The third kappa shape index (κ3) is 4.11. The number of urea groups is 1. The molecule has 1 saturated heterocycles. The molecule has 0 radical (unpaired) electrons. The lowest BCUT2D eigenvalue weighted by molar-refractivity contribution is 0.177. The fourth-order valence-electron chi connectivity index (χ4n) is 3.76. The number of rotatable bonds is 5. The molecule has 3 aromatic rings. The average molecular weight is 378 g/mol. The predicted octanol–water partition coefficient (Wildman–Crippen LogP) is 4.38. The van der Waals surface area contributed by atoms with Gasteiger partial charge in [0.1, 0.15) is 5.75 Å². The van der Waals surface area contributed by atoms with Crippen LogP contribution in [0.3, 0.4) is 0 Å². The van der Waals surface area contributed by atoms with Gasteiger partial charge in [-0.3, -0.25) is 0 Å². The number of fused-ring (bicyclic) bond motifs is 1. The second kappa shape index (κ2) is 8.33. The summed E-state index contributed by atoms with van der Waals surface area (Å²) in [6, 6.07) is 15.7. The number of imidazole rings is 1. The fourth-order valence-corrected chi connectivity index (χ4v) is 3.76. The molecule has 1 fully saturated rings. The van der Waals surface area contributed by atoms with E-state index in [0.717, 1.165) is 49.4 Å². The second-order valence-corrected chi connectivity index (χ2v) is 7.20. The van der Waals surface area contributed by atoms with E-state index in [2.05, 4.69) is 20.9 Å². The predicted molar refractivity (Wildman–Crippen MR) is 111 cm³/mol. The van der Waals surface area contributed by atoms with Gasteiger partial charge in [0.05, 0.1) is 24.0 Å². The maximum atomic E-state index is 12.5. The third-order valence-electron chi connectivity index (χ3n) is 5.30. The summed E-state index contributed by atoms with van der Waals surface area (Å²) in [7, 11) is 0. The molecule has 4 rings (SSSR count). The van der Waals surface area contributed by atoms with Crippen LogP contribution in [0.2, 0.25) is 0 Å². The number of piperidine rings is 1. The monoisotopic (exact) mass is 378 g/mol. The normalized spacial score (nSPS) is 15.0. The Morgan fingerprint density at radius 2 is 1.89 bits per heavy atom. The maximum absolute atomic E-state index is 12.5. The number of amides is 2. The van der Waals surface area contributed by atoms with Crippen LogP contribution in [0.15, 0.2) is 54.9 Å². The zero-order valence-electron chi connectivity index (χ0n) is 16.2. The van der Waals surface area contributed by atoms with E-state index in [4.69, 9.17) is 4.74 Å². The van der Waals surface area contributed by atoms with Gasteiger partial charge in [0, 0.05) is 25.3 Å². The van der Waals surface area contributed by atoms with Gasteiger partial charge in [0.25, 0.3) is 0 Å². The molecule has 2 aromatic carbocycles. The molecular formula is C22H26N4O2. The van der Waals surface area contributed by atoms with E-state index in [1.165, 1.54) is 5.52 Å². The van der Waals surface area contributed by atoms with Crippen molar-refractivity contribution >= 4 is 22.8 Å². The lowest BCUT2D eigenvalue weighted by Gasteiger charge is -2.32. The van der Waals surface area contributed by atoms with Crippen molar-refractivity contribution in [3.05, 3.63) is 54.9 Å². The Hall–Kier alpha value is -3.02. The van der Waals surface area contributed by atoms with E-state index >= 15 is 0 Å². The van der Waals surface area contributed by atoms with Crippen LogP contribution in [0, 0.1) is 5.92 Å². The number of carbonyl (C=O) groups excluding carboxylic acids is 1. The van der Waals surface area contributed by atoms with Crippen molar-refractivity contribution < 1.29 is 9.53 Å². The molecule has 2 amide bonds. The number of anilines is 1. The van der Waals surface area contributed by atoms with Crippen LogP contribution in [-0.2, 0) is 6.54 Å². The van der Waals surface area contributed by atoms with Gasteiger partial charge in [-0.05, 0) is 62.1 Å². The standard InChI is InChI=1S/C22H26N4O2/c1-2-28-19-9-7-18(8-10-19)24-22(27)25-13-11-17(12-14-25)15-26-16-23-20-5-3-4-6-21(20)26/h3-10,16-17H,2,11-15H2,1H3,(H,24,27). The zero-order valence-corrected chi connectivity index (χ0v) is 16.2. The Balaban J connectivity index is 1.29. The van der Waals surface area contributed by atoms with Crippen LogP contribution in [-0.4, -0.2) is 40.2 Å². The highest BCUT2D eigenvalue weighted by molar-refractivity contribution is 5.89. The van der Waals surface area contributed by atoms with Crippen molar-refractivity contribution in [3.63, 3.8) is 0 Å². The molecule has 0 unspecified atom stereocenters. The van der Waals surface area contributed by atoms with Crippen LogP contribution in [0.4, 0.5) is 10.5 Å². The number of benzene rings is 2. The third-order valence-corrected chi connectivity index (χ3v) is 5.30. The number of ether oxygens (including phenoxy) is 1. The van der Waals surface area contributed by atoms with Gasteiger partial charge in [0.2, 0.25) is 0 Å². The van der Waals surface area contributed by atoms with Gasteiger partial charge >= 0.3 is 6.03 Å². The van der Waals surface area contributed by atoms with Crippen molar-refractivity contribution in [2.45, 2.75) is 26.3 Å². The van der Waals surface area contributed by atoms with E-state index in [0.29, 0.717) is 12.5 Å². The van der Waals surface area contributed by atoms with Crippen LogP contribution in [0.25, 0.3) is 11.0 Å². The van der Waals surface area contributed by atoms with Crippen LogP contribution >= 0.6 is 0 Å². The Morgan fingerprint density at radius 3 is 2.64 bits per heavy atom. The summed E-state index contributed by atoms with van der Waals surface area (Å²) < 4.78 is 7.67. The van der Waals surface area contributed by atoms with E-state index in [1.807, 2.05) is 60.6 Å². The number of para-hydroxylation sites is 2. The lowest BCUT2D eigenvalue weighted by Crippen LogP contribution is -2.41. The van der Waals surface area contributed by atoms with E-state index in [-0.39, 0.29) is 6.03 Å². The van der Waals surface area contributed by atoms with Gasteiger partial charge in [0.15, 0.2) is 0 Å². The molecule has 0 atom stereocenters. The largest absolute Gasteiger partial charge is 0.494 e. The Morgan fingerprint density at radius 1 is 1.14 bits per heavy atom.